The van der Waals surface area contributed by atoms with Crippen molar-refractivity contribution in [3.8, 4) is 0 Å². The Balaban J connectivity index is 1.93. The van der Waals surface area contributed by atoms with E-state index in [1.54, 1.807) is 42.6 Å². The Hall–Kier alpha value is -2.24. The summed E-state index contributed by atoms with van der Waals surface area (Å²) in [6.07, 6.45) is 3.57. The number of aromatic nitrogens is 1. The SMILES string of the molecule is O=C1c2cccnc2N(c2cccc(Cl)c2)C(=O)C12CCCCO2. The number of benzene rings is 1. The Kier molecular flexibility index (Phi) is 3.62. The first-order valence-corrected chi connectivity index (χ1v) is 8.25. The van der Waals surface area contributed by atoms with Gasteiger partial charge < -0.3 is 4.74 Å². The second-order valence-corrected chi connectivity index (χ2v) is 6.39. The van der Waals surface area contributed by atoms with Crippen molar-refractivity contribution >= 4 is 34.8 Å². The van der Waals surface area contributed by atoms with Crippen LogP contribution in [0.5, 0.6) is 0 Å². The number of nitrogens with zero attached hydrogens (tertiary/aromatic N) is 2. The molecule has 6 heteroatoms. The van der Waals surface area contributed by atoms with Crippen molar-refractivity contribution in [3.63, 3.8) is 0 Å². The van der Waals surface area contributed by atoms with Gasteiger partial charge in [0.05, 0.1) is 11.3 Å². The van der Waals surface area contributed by atoms with Crippen LogP contribution in [0.25, 0.3) is 0 Å². The highest BCUT2D eigenvalue weighted by atomic mass is 35.5. The van der Waals surface area contributed by atoms with E-state index < -0.39 is 5.60 Å². The fourth-order valence-corrected chi connectivity index (χ4v) is 3.53. The molecule has 1 aromatic carbocycles. The summed E-state index contributed by atoms with van der Waals surface area (Å²) in [5.74, 6) is -0.358. The van der Waals surface area contributed by atoms with Crippen LogP contribution in [0.2, 0.25) is 5.02 Å². The van der Waals surface area contributed by atoms with Gasteiger partial charge in [-0.15, -0.1) is 0 Å². The van der Waals surface area contributed by atoms with Crippen LogP contribution in [0.3, 0.4) is 0 Å². The number of anilines is 2. The van der Waals surface area contributed by atoms with Crippen LogP contribution in [0.4, 0.5) is 11.5 Å². The Labute approximate surface area is 144 Å². The van der Waals surface area contributed by atoms with E-state index in [1.807, 2.05) is 0 Å². The van der Waals surface area contributed by atoms with Gasteiger partial charge in [-0.2, -0.15) is 0 Å². The maximum atomic E-state index is 13.3. The van der Waals surface area contributed by atoms with Gasteiger partial charge in [0.1, 0.15) is 0 Å². The summed E-state index contributed by atoms with van der Waals surface area (Å²) in [5, 5.41) is 0.508. The molecule has 0 bridgehead atoms. The fraction of sp³-hybridized carbons (Fsp3) is 0.278. The van der Waals surface area contributed by atoms with Crippen LogP contribution < -0.4 is 4.90 Å². The smallest absolute Gasteiger partial charge is 0.273 e. The monoisotopic (exact) mass is 342 g/mol. The lowest BCUT2D eigenvalue weighted by Crippen LogP contribution is -2.59. The van der Waals surface area contributed by atoms with Gasteiger partial charge in [-0.05, 0) is 49.6 Å². The minimum atomic E-state index is -1.45. The fourth-order valence-electron chi connectivity index (χ4n) is 3.34. The van der Waals surface area contributed by atoms with Gasteiger partial charge in [0.2, 0.25) is 11.4 Å². The van der Waals surface area contributed by atoms with Crippen molar-refractivity contribution in [1.29, 1.82) is 0 Å². The molecule has 1 atom stereocenters. The van der Waals surface area contributed by atoms with Crippen LogP contribution >= 0.6 is 11.6 Å². The van der Waals surface area contributed by atoms with E-state index in [1.165, 1.54) is 4.90 Å². The van der Waals surface area contributed by atoms with E-state index in [0.29, 0.717) is 35.1 Å². The van der Waals surface area contributed by atoms with Crippen molar-refractivity contribution in [1.82, 2.24) is 4.98 Å². The molecular weight excluding hydrogens is 328 g/mol. The average molecular weight is 343 g/mol. The van der Waals surface area contributed by atoms with Crippen molar-refractivity contribution < 1.29 is 14.3 Å². The van der Waals surface area contributed by atoms with Crippen LogP contribution in [-0.4, -0.2) is 28.9 Å². The number of fused-ring (bicyclic) bond motifs is 1. The number of amides is 1. The summed E-state index contributed by atoms with van der Waals surface area (Å²) in [7, 11) is 0. The maximum Gasteiger partial charge on any atom is 0.273 e. The van der Waals surface area contributed by atoms with Crippen LogP contribution in [0, 0.1) is 0 Å². The molecule has 24 heavy (non-hydrogen) atoms. The summed E-state index contributed by atoms with van der Waals surface area (Å²) in [5.41, 5.74) is -0.469. The number of Topliss-reactive ketones (excluding diaryl/α,β-unsaturated/α-hetero) is 1. The first-order valence-electron chi connectivity index (χ1n) is 7.87. The molecule has 1 fully saturated rings. The summed E-state index contributed by atoms with van der Waals surface area (Å²) in [6.45, 7) is 0.399. The van der Waals surface area contributed by atoms with Crippen molar-refractivity contribution in [2.75, 3.05) is 11.5 Å². The van der Waals surface area contributed by atoms with E-state index in [2.05, 4.69) is 4.98 Å². The number of hydrogen-bond acceptors (Lipinski definition) is 4. The highest BCUT2D eigenvalue weighted by Crippen LogP contribution is 2.42. The molecular formula is C18H15ClN2O3. The number of ether oxygens (including phenoxy) is 1. The third kappa shape index (κ3) is 2.16. The molecule has 3 heterocycles. The van der Waals surface area contributed by atoms with Crippen molar-refractivity contribution in [2.24, 2.45) is 0 Å². The van der Waals surface area contributed by atoms with Gasteiger partial charge in [-0.3, -0.25) is 14.5 Å². The van der Waals surface area contributed by atoms with Crippen LogP contribution in [-0.2, 0) is 9.53 Å². The Morgan fingerprint density at radius 3 is 2.79 bits per heavy atom. The molecule has 1 amide bonds. The topological polar surface area (TPSA) is 59.5 Å². The summed E-state index contributed by atoms with van der Waals surface area (Å²) >= 11 is 6.09. The molecule has 4 rings (SSSR count). The Morgan fingerprint density at radius 1 is 1.17 bits per heavy atom. The summed E-state index contributed by atoms with van der Waals surface area (Å²) in [6, 6.07) is 10.3. The third-order valence-electron chi connectivity index (χ3n) is 4.50. The maximum absolute atomic E-state index is 13.3. The molecule has 1 unspecified atom stereocenters. The largest absolute Gasteiger partial charge is 0.357 e. The number of carbonyl (C=O) groups excluding carboxylic acids is 2. The van der Waals surface area contributed by atoms with Crippen LogP contribution in [0.15, 0.2) is 42.6 Å². The molecule has 0 aliphatic carbocycles. The molecule has 5 nitrogen and oxygen atoms in total. The zero-order valence-corrected chi connectivity index (χ0v) is 13.6. The second kappa shape index (κ2) is 5.69. The lowest BCUT2D eigenvalue weighted by Gasteiger charge is -2.42. The van der Waals surface area contributed by atoms with E-state index in [9.17, 15) is 9.59 Å². The highest BCUT2D eigenvalue weighted by molar-refractivity contribution is 6.32. The number of halogens is 1. The average Bonchev–Trinajstić information content (AvgIpc) is 2.61. The quantitative estimate of drug-likeness (QED) is 0.744. The number of pyridine rings is 1. The Bertz CT molecular complexity index is 831. The van der Waals surface area contributed by atoms with Crippen LogP contribution in [0.1, 0.15) is 29.6 Å². The van der Waals surface area contributed by atoms with E-state index in [4.69, 9.17) is 16.3 Å². The zero-order valence-electron chi connectivity index (χ0n) is 12.9. The minimum Gasteiger partial charge on any atom is -0.357 e. The normalized spacial score (nSPS) is 23.5. The summed E-state index contributed by atoms with van der Waals surface area (Å²) in [4.78, 5) is 32.0. The molecule has 2 aromatic rings. The molecule has 1 saturated heterocycles. The van der Waals surface area contributed by atoms with Gasteiger partial charge in [-0.25, -0.2) is 4.98 Å². The standard InChI is InChI=1S/C18H15ClN2O3/c19-12-5-3-6-13(11-12)21-16-14(7-4-9-20-16)15(22)18(17(21)23)8-1-2-10-24-18/h3-7,9,11H,1-2,8,10H2. The van der Waals surface area contributed by atoms with Gasteiger partial charge in [0.25, 0.3) is 5.91 Å². The lowest BCUT2D eigenvalue weighted by atomic mass is 9.81. The van der Waals surface area contributed by atoms with E-state index >= 15 is 0 Å². The zero-order chi connectivity index (χ0) is 16.7. The van der Waals surface area contributed by atoms with Gasteiger partial charge in [-0.1, -0.05) is 17.7 Å². The molecule has 2 aliphatic rings. The highest BCUT2D eigenvalue weighted by Gasteiger charge is 2.55. The molecule has 1 aromatic heterocycles. The third-order valence-corrected chi connectivity index (χ3v) is 4.73. The molecule has 0 N–H and O–H groups in total. The number of ketones is 1. The number of hydrogen-bond donors (Lipinski definition) is 0. The first kappa shape index (κ1) is 15.3. The van der Waals surface area contributed by atoms with Crippen molar-refractivity contribution in [2.45, 2.75) is 24.9 Å². The first-order chi connectivity index (χ1) is 11.6. The van der Waals surface area contributed by atoms with E-state index in [0.717, 1.165) is 12.8 Å². The number of rotatable bonds is 1. The molecule has 2 aliphatic heterocycles. The number of carbonyl (C=O) groups is 2. The van der Waals surface area contributed by atoms with E-state index in [-0.39, 0.29) is 11.7 Å². The Morgan fingerprint density at radius 2 is 2.04 bits per heavy atom. The van der Waals surface area contributed by atoms with Gasteiger partial charge in [0.15, 0.2) is 5.82 Å². The predicted molar refractivity (Wildman–Crippen MR) is 89.7 cm³/mol. The van der Waals surface area contributed by atoms with Gasteiger partial charge in [0, 0.05) is 17.8 Å². The predicted octanol–water partition coefficient (Wildman–Crippen LogP) is 3.54. The molecule has 1 spiro atoms. The molecule has 0 radical (unpaired) electrons. The lowest BCUT2D eigenvalue weighted by molar-refractivity contribution is -0.142. The van der Waals surface area contributed by atoms with Gasteiger partial charge >= 0.3 is 0 Å². The molecule has 0 saturated carbocycles. The van der Waals surface area contributed by atoms with Crippen molar-refractivity contribution in [3.05, 3.63) is 53.2 Å². The second-order valence-electron chi connectivity index (χ2n) is 5.96. The molecule has 122 valence electrons. The minimum absolute atomic E-state index is 0.298. The summed E-state index contributed by atoms with van der Waals surface area (Å²) < 4.78 is 5.77.